The predicted octanol–water partition coefficient (Wildman–Crippen LogP) is 5.55. The molecule has 1 amide bonds. The van der Waals surface area contributed by atoms with E-state index in [1.807, 2.05) is 48.5 Å². The molecular formula is C24H27N3O. The van der Waals surface area contributed by atoms with E-state index in [1.165, 1.54) is 16.7 Å². The highest BCUT2D eigenvalue weighted by molar-refractivity contribution is 6.04. The lowest BCUT2D eigenvalue weighted by Crippen LogP contribution is -2.14. The number of anilines is 2. The lowest BCUT2D eigenvalue weighted by Gasteiger charge is -2.19. The molecule has 0 atom stereocenters. The first-order valence-corrected chi connectivity index (χ1v) is 9.49. The largest absolute Gasteiger partial charge is 0.366 e. The minimum absolute atomic E-state index is 0.0695. The summed E-state index contributed by atoms with van der Waals surface area (Å²) in [5.74, 6) is 0.638. The van der Waals surface area contributed by atoms with Gasteiger partial charge in [-0.15, -0.1) is 0 Å². The minimum Gasteiger partial charge on any atom is -0.366 e. The summed E-state index contributed by atoms with van der Waals surface area (Å²) in [5, 5.41) is 6.21. The maximum Gasteiger partial charge on any atom is 0.255 e. The zero-order chi connectivity index (χ0) is 20.1. The molecule has 0 aliphatic carbocycles. The number of amides is 1. The molecule has 0 saturated heterocycles. The van der Waals surface area contributed by atoms with Gasteiger partial charge < -0.3 is 10.6 Å². The summed E-state index contributed by atoms with van der Waals surface area (Å²) in [7, 11) is 0. The Balaban J connectivity index is 1.59. The summed E-state index contributed by atoms with van der Waals surface area (Å²) in [5.41, 5.74) is 5.06. The van der Waals surface area contributed by atoms with E-state index >= 15 is 0 Å². The average Bonchev–Trinajstić information content (AvgIpc) is 2.68. The lowest BCUT2D eigenvalue weighted by molar-refractivity contribution is 0.102. The van der Waals surface area contributed by atoms with Gasteiger partial charge in [0.05, 0.1) is 11.9 Å². The number of rotatable bonds is 5. The fourth-order valence-electron chi connectivity index (χ4n) is 2.89. The van der Waals surface area contributed by atoms with Gasteiger partial charge in [0.1, 0.15) is 5.82 Å². The molecule has 2 aromatic carbocycles. The van der Waals surface area contributed by atoms with Crippen LogP contribution in [0.4, 0.5) is 11.5 Å². The molecule has 0 radical (unpaired) electrons. The number of benzene rings is 2. The lowest BCUT2D eigenvalue weighted by atomic mass is 9.87. The second kappa shape index (κ2) is 8.26. The van der Waals surface area contributed by atoms with Crippen molar-refractivity contribution in [2.75, 3.05) is 10.6 Å². The van der Waals surface area contributed by atoms with Gasteiger partial charge in [0.25, 0.3) is 5.91 Å². The Kier molecular flexibility index (Phi) is 5.78. The van der Waals surface area contributed by atoms with Crippen LogP contribution in [0, 0.1) is 6.92 Å². The number of aromatic nitrogens is 1. The summed E-state index contributed by atoms with van der Waals surface area (Å²) in [6, 6.07) is 19.7. The Bertz CT molecular complexity index is 939. The Hall–Kier alpha value is -3.14. The molecule has 1 aromatic heterocycles. The van der Waals surface area contributed by atoms with Crippen LogP contribution in [0.5, 0.6) is 0 Å². The van der Waals surface area contributed by atoms with E-state index in [1.54, 1.807) is 6.20 Å². The fraction of sp³-hybridized carbons (Fsp3) is 0.250. The molecule has 0 spiro atoms. The summed E-state index contributed by atoms with van der Waals surface area (Å²) in [6.07, 6.45) is 1.67. The van der Waals surface area contributed by atoms with Crippen molar-refractivity contribution in [1.82, 2.24) is 4.98 Å². The second-order valence-electron chi connectivity index (χ2n) is 7.99. The molecule has 1 heterocycles. The number of aryl methyl sites for hydroxylation is 1. The van der Waals surface area contributed by atoms with Gasteiger partial charge in [-0.25, -0.2) is 4.98 Å². The van der Waals surface area contributed by atoms with Gasteiger partial charge >= 0.3 is 0 Å². The van der Waals surface area contributed by atoms with Gasteiger partial charge in [0.15, 0.2) is 0 Å². The molecule has 4 heteroatoms. The number of hydrogen-bond donors (Lipinski definition) is 2. The Morgan fingerprint density at radius 2 is 1.68 bits per heavy atom. The fourth-order valence-corrected chi connectivity index (χ4v) is 2.89. The van der Waals surface area contributed by atoms with Crippen LogP contribution >= 0.6 is 0 Å². The van der Waals surface area contributed by atoms with E-state index in [2.05, 4.69) is 55.4 Å². The van der Waals surface area contributed by atoms with Crippen LogP contribution in [-0.4, -0.2) is 10.9 Å². The molecule has 144 valence electrons. The predicted molar refractivity (Wildman–Crippen MR) is 116 cm³/mol. The molecule has 28 heavy (non-hydrogen) atoms. The standard InChI is InChI=1S/C24H27N3O/c1-17-7-5-6-8-19(17)15-25-22-14-13-21(16-26-22)27-23(28)18-9-11-20(12-10-18)24(2,3)4/h5-14,16H,15H2,1-4H3,(H,25,26)(H,27,28). The quantitative estimate of drug-likeness (QED) is 0.616. The number of hydrogen-bond acceptors (Lipinski definition) is 3. The van der Waals surface area contributed by atoms with Gasteiger partial charge in [0, 0.05) is 12.1 Å². The monoisotopic (exact) mass is 373 g/mol. The molecule has 0 saturated carbocycles. The molecule has 0 unspecified atom stereocenters. The first kappa shape index (κ1) is 19.6. The van der Waals surface area contributed by atoms with E-state index in [-0.39, 0.29) is 11.3 Å². The van der Waals surface area contributed by atoms with Crippen molar-refractivity contribution >= 4 is 17.4 Å². The summed E-state index contributed by atoms with van der Waals surface area (Å²) in [4.78, 5) is 16.8. The van der Waals surface area contributed by atoms with Crippen LogP contribution in [0.1, 0.15) is 47.8 Å². The third kappa shape index (κ3) is 4.97. The number of carbonyl (C=O) groups excluding carboxylic acids is 1. The van der Waals surface area contributed by atoms with Crippen molar-refractivity contribution < 1.29 is 4.79 Å². The van der Waals surface area contributed by atoms with Crippen LogP contribution in [-0.2, 0) is 12.0 Å². The zero-order valence-electron chi connectivity index (χ0n) is 16.9. The first-order chi connectivity index (χ1) is 13.3. The van der Waals surface area contributed by atoms with Crippen LogP contribution in [0.15, 0.2) is 66.9 Å². The number of nitrogens with zero attached hydrogens (tertiary/aromatic N) is 1. The third-order valence-corrected chi connectivity index (χ3v) is 4.76. The zero-order valence-corrected chi connectivity index (χ0v) is 16.9. The van der Waals surface area contributed by atoms with E-state index in [0.717, 1.165) is 5.82 Å². The molecule has 0 aliphatic heterocycles. The minimum atomic E-state index is -0.136. The number of nitrogens with one attached hydrogen (secondary N) is 2. The average molecular weight is 374 g/mol. The van der Waals surface area contributed by atoms with Crippen molar-refractivity contribution in [2.45, 2.75) is 39.7 Å². The normalized spacial score (nSPS) is 11.1. The van der Waals surface area contributed by atoms with E-state index in [0.29, 0.717) is 17.8 Å². The molecule has 0 bridgehead atoms. The summed E-state index contributed by atoms with van der Waals surface area (Å²) in [6.45, 7) is 9.27. The number of pyridine rings is 1. The highest BCUT2D eigenvalue weighted by Gasteiger charge is 2.14. The van der Waals surface area contributed by atoms with E-state index < -0.39 is 0 Å². The smallest absolute Gasteiger partial charge is 0.255 e. The molecule has 0 aliphatic rings. The number of carbonyl (C=O) groups is 1. The maximum absolute atomic E-state index is 12.5. The van der Waals surface area contributed by atoms with Crippen molar-refractivity contribution in [3.05, 3.63) is 89.1 Å². The Morgan fingerprint density at radius 3 is 2.29 bits per heavy atom. The van der Waals surface area contributed by atoms with Crippen molar-refractivity contribution in [3.8, 4) is 0 Å². The van der Waals surface area contributed by atoms with Crippen LogP contribution in [0.2, 0.25) is 0 Å². The second-order valence-corrected chi connectivity index (χ2v) is 7.99. The van der Waals surface area contributed by atoms with Gasteiger partial charge in [-0.05, 0) is 53.3 Å². The Morgan fingerprint density at radius 1 is 0.964 bits per heavy atom. The maximum atomic E-state index is 12.5. The molecule has 3 aromatic rings. The molecular weight excluding hydrogens is 346 g/mol. The van der Waals surface area contributed by atoms with Crippen molar-refractivity contribution in [2.24, 2.45) is 0 Å². The highest BCUT2D eigenvalue weighted by atomic mass is 16.1. The van der Waals surface area contributed by atoms with Gasteiger partial charge in [-0.2, -0.15) is 0 Å². The van der Waals surface area contributed by atoms with E-state index in [4.69, 9.17) is 0 Å². The SMILES string of the molecule is Cc1ccccc1CNc1ccc(NC(=O)c2ccc(C(C)(C)C)cc2)cn1. The topological polar surface area (TPSA) is 54.0 Å². The van der Waals surface area contributed by atoms with Crippen LogP contribution in [0.3, 0.4) is 0 Å². The van der Waals surface area contributed by atoms with Gasteiger partial charge in [0.2, 0.25) is 0 Å². The van der Waals surface area contributed by atoms with Crippen LogP contribution in [0.25, 0.3) is 0 Å². The summed E-state index contributed by atoms with van der Waals surface area (Å²) < 4.78 is 0. The Labute approximate surface area is 167 Å². The third-order valence-electron chi connectivity index (χ3n) is 4.76. The van der Waals surface area contributed by atoms with Gasteiger partial charge in [-0.3, -0.25) is 4.79 Å². The first-order valence-electron chi connectivity index (χ1n) is 9.49. The van der Waals surface area contributed by atoms with Crippen molar-refractivity contribution in [3.63, 3.8) is 0 Å². The highest BCUT2D eigenvalue weighted by Crippen LogP contribution is 2.22. The van der Waals surface area contributed by atoms with Gasteiger partial charge in [-0.1, -0.05) is 57.2 Å². The van der Waals surface area contributed by atoms with E-state index in [9.17, 15) is 4.79 Å². The van der Waals surface area contributed by atoms with Crippen LogP contribution < -0.4 is 10.6 Å². The summed E-state index contributed by atoms with van der Waals surface area (Å²) >= 11 is 0. The van der Waals surface area contributed by atoms with Crippen molar-refractivity contribution in [1.29, 1.82) is 0 Å². The molecule has 3 rings (SSSR count). The molecule has 2 N–H and O–H groups in total. The molecule has 4 nitrogen and oxygen atoms in total. The molecule has 0 fully saturated rings.